The zero-order valence-corrected chi connectivity index (χ0v) is 9.12. The van der Waals surface area contributed by atoms with Crippen LogP contribution in [0.3, 0.4) is 0 Å². The Morgan fingerprint density at radius 3 is 2.79 bits per heavy atom. The maximum atomic E-state index is 9.42. The van der Waals surface area contributed by atoms with E-state index < -0.39 is 0 Å². The van der Waals surface area contributed by atoms with Crippen LogP contribution in [0.5, 0.6) is 5.75 Å². The van der Waals surface area contributed by atoms with Gasteiger partial charge >= 0.3 is 0 Å². The summed E-state index contributed by atoms with van der Waals surface area (Å²) >= 11 is 0. The lowest BCUT2D eigenvalue weighted by Crippen LogP contribution is -2.51. The standard InChI is InChI=1S/C12H17NO/c1-9-4-5-10-8-11(14)6-7-12(10)13(9,2)3/h6-9H,4-5H2,1-3H3/p+1. The molecule has 2 heteroatoms. The summed E-state index contributed by atoms with van der Waals surface area (Å²) in [5, 5.41) is 9.42. The van der Waals surface area contributed by atoms with Crippen LogP contribution in [0.15, 0.2) is 18.2 Å². The van der Waals surface area contributed by atoms with Crippen molar-refractivity contribution in [2.75, 3.05) is 14.1 Å². The third kappa shape index (κ3) is 1.30. The number of hydrogen-bond donors (Lipinski definition) is 1. The molecule has 0 aromatic heterocycles. The quantitative estimate of drug-likeness (QED) is 0.625. The molecule has 0 aliphatic carbocycles. The fourth-order valence-electron chi connectivity index (χ4n) is 2.26. The highest BCUT2D eigenvalue weighted by molar-refractivity contribution is 5.54. The first kappa shape index (κ1) is 9.53. The Morgan fingerprint density at radius 1 is 1.36 bits per heavy atom. The molecule has 2 nitrogen and oxygen atoms in total. The van der Waals surface area contributed by atoms with Crippen molar-refractivity contribution in [3.05, 3.63) is 23.8 Å². The van der Waals surface area contributed by atoms with Crippen molar-refractivity contribution in [3.8, 4) is 5.75 Å². The number of phenolic OH excluding ortho intramolecular Hbond substituents is 1. The minimum Gasteiger partial charge on any atom is -0.508 e. The van der Waals surface area contributed by atoms with Crippen molar-refractivity contribution in [3.63, 3.8) is 0 Å². The van der Waals surface area contributed by atoms with E-state index in [1.54, 1.807) is 6.07 Å². The van der Waals surface area contributed by atoms with Crippen LogP contribution < -0.4 is 4.48 Å². The largest absolute Gasteiger partial charge is 0.508 e. The van der Waals surface area contributed by atoms with Crippen molar-refractivity contribution in [1.82, 2.24) is 4.48 Å². The van der Waals surface area contributed by atoms with E-state index in [2.05, 4.69) is 27.1 Å². The highest BCUT2D eigenvalue weighted by Gasteiger charge is 2.33. The highest BCUT2D eigenvalue weighted by atomic mass is 16.3. The first-order valence-corrected chi connectivity index (χ1v) is 5.18. The number of aromatic hydroxyl groups is 1. The predicted molar refractivity (Wildman–Crippen MR) is 59.5 cm³/mol. The topological polar surface area (TPSA) is 20.2 Å². The molecular formula is C12H18NO+. The van der Waals surface area contributed by atoms with Crippen molar-refractivity contribution < 1.29 is 5.11 Å². The van der Waals surface area contributed by atoms with Crippen molar-refractivity contribution in [2.24, 2.45) is 0 Å². The minimum atomic E-state index is 0.387. The minimum absolute atomic E-state index is 0.387. The molecule has 1 aliphatic rings. The van der Waals surface area contributed by atoms with Gasteiger partial charge in [-0.3, -0.25) is 4.48 Å². The van der Waals surface area contributed by atoms with Crippen LogP contribution in [0.25, 0.3) is 0 Å². The molecule has 2 rings (SSSR count). The van der Waals surface area contributed by atoms with E-state index in [-0.39, 0.29) is 0 Å². The second-order valence-electron chi connectivity index (χ2n) is 4.74. The molecule has 1 aromatic carbocycles. The Balaban J connectivity index is 2.53. The highest BCUT2D eigenvalue weighted by Crippen LogP contribution is 2.35. The molecule has 0 radical (unpaired) electrons. The Kier molecular flexibility index (Phi) is 2.04. The van der Waals surface area contributed by atoms with E-state index in [9.17, 15) is 5.11 Å². The smallest absolute Gasteiger partial charge is 0.136 e. The van der Waals surface area contributed by atoms with E-state index in [1.807, 2.05) is 6.07 Å². The molecule has 1 N–H and O–H groups in total. The lowest BCUT2D eigenvalue weighted by molar-refractivity contribution is 0.277. The molecule has 0 fully saturated rings. The van der Waals surface area contributed by atoms with Crippen LogP contribution in [0.4, 0.5) is 5.69 Å². The van der Waals surface area contributed by atoms with E-state index in [1.165, 1.54) is 17.7 Å². The summed E-state index contributed by atoms with van der Waals surface area (Å²) in [4.78, 5) is 0. The maximum absolute atomic E-state index is 9.42. The first-order chi connectivity index (χ1) is 6.51. The van der Waals surface area contributed by atoms with Crippen LogP contribution in [-0.2, 0) is 6.42 Å². The second-order valence-corrected chi connectivity index (χ2v) is 4.74. The number of fused-ring (bicyclic) bond motifs is 1. The Bertz CT molecular complexity index is 357. The SMILES string of the molecule is CC1CCc2cc(O)ccc2[N+]1(C)C. The summed E-state index contributed by atoms with van der Waals surface area (Å²) in [7, 11) is 4.47. The zero-order chi connectivity index (χ0) is 10.3. The fraction of sp³-hybridized carbons (Fsp3) is 0.500. The summed E-state index contributed by atoms with van der Waals surface area (Å²) in [5.74, 6) is 0.387. The molecule has 0 spiro atoms. The van der Waals surface area contributed by atoms with Gasteiger partial charge in [0.05, 0.1) is 20.1 Å². The summed E-state index contributed by atoms with van der Waals surface area (Å²) in [6, 6.07) is 6.41. The number of nitrogens with zero attached hydrogens (tertiary/aromatic N) is 1. The van der Waals surface area contributed by atoms with Gasteiger partial charge in [-0.1, -0.05) is 0 Å². The van der Waals surface area contributed by atoms with Crippen LogP contribution in [0.1, 0.15) is 18.9 Å². The van der Waals surface area contributed by atoms with E-state index in [0.29, 0.717) is 11.8 Å². The van der Waals surface area contributed by atoms with E-state index in [4.69, 9.17) is 0 Å². The lowest BCUT2D eigenvalue weighted by atomic mass is 9.95. The second kappa shape index (κ2) is 2.99. The van der Waals surface area contributed by atoms with Crippen LogP contribution in [0, 0.1) is 0 Å². The molecule has 76 valence electrons. The molecule has 0 saturated carbocycles. The Labute approximate surface area is 85.4 Å². The van der Waals surface area contributed by atoms with Gasteiger partial charge in [-0.2, -0.15) is 0 Å². The summed E-state index contributed by atoms with van der Waals surface area (Å²) in [5.41, 5.74) is 2.65. The van der Waals surface area contributed by atoms with Crippen LogP contribution >= 0.6 is 0 Å². The van der Waals surface area contributed by atoms with Gasteiger partial charge in [-0.05, 0) is 25.5 Å². The van der Waals surface area contributed by atoms with E-state index >= 15 is 0 Å². The number of phenols is 1. The van der Waals surface area contributed by atoms with E-state index in [0.717, 1.165) is 10.9 Å². The average molecular weight is 192 g/mol. The Hall–Kier alpha value is -1.02. The lowest BCUT2D eigenvalue weighted by Gasteiger charge is -2.40. The first-order valence-electron chi connectivity index (χ1n) is 5.18. The number of aryl methyl sites for hydroxylation is 1. The van der Waals surface area contributed by atoms with Crippen LogP contribution in [-0.4, -0.2) is 25.2 Å². The van der Waals surface area contributed by atoms with Gasteiger partial charge < -0.3 is 5.11 Å². The van der Waals surface area contributed by atoms with Gasteiger partial charge in [-0.15, -0.1) is 0 Å². The molecule has 0 bridgehead atoms. The zero-order valence-electron chi connectivity index (χ0n) is 9.12. The molecule has 1 aromatic rings. The Morgan fingerprint density at radius 2 is 2.07 bits per heavy atom. The average Bonchev–Trinajstić information content (AvgIpc) is 2.12. The third-order valence-corrected chi connectivity index (χ3v) is 3.62. The molecule has 0 amide bonds. The molecule has 1 unspecified atom stereocenters. The number of hydrogen-bond acceptors (Lipinski definition) is 1. The monoisotopic (exact) mass is 192 g/mol. The summed E-state index contributed by atoms with van der Waals surface area (Å²) in [6.45, 7) is 2.29. The molecule has 1 aliphatic heterocycles. The predicted octanol–water partition coefficient (Wildman–Crippen LogP) is 2.29. The molecular weight excluding hydrogens is 174 g/mol. The molecule has 1 atom stereocenters. The molecule has 0 saturated heterocycles. The van der Waals surface area contributed by atoms with Gasteiger partial charge in [-0.25, -0.2) is 0 Å². The van der Waals surface area contributed by atoms with Gasteiger partial charge in [0.25, 0.3) is 0 Å². The third-order valence-electron chi connectivity index (χ3n) is 3.62. The number of rotatable bonds is 0. The van der Waals surface area contributed by atoms with Gasteiger partial charge in [0.15, 0.2) is 0 Å². The normalized spacial score (nSPS) is 24.4. The van der Waals surface area contributed by atoms with Crippen molar-refractivity contribution in [2.45, 2.75) is 25.8 Å². The van der Waals surface area contributed by atoms with Crippen molar-refractivity contribution in [1.29, 1.82) is 0 Å². The van der Waals surface area contributed by atoms with Crippen LogP contribution in [0.2, 0.25) is 0 Å². The van der Waals surface area contributed by atoms with Gasteiger partial charge in [0.2, 0.25) is 0 Å². The molecule has 1 heterocycles. The maximum Gasteiger partial charge on any atom is 0.136 e. The van der Waals surface area contributed by atoms with Gasteiger partial charge in [0.1, 0.15) is 11.4 Å². The number of benzene rings is 1. The number of quaternary nitrogens is 1. The summed E-state index contributed by atoms with van der Waals surface area (Å²) < 4.78 is 0.926. The fourth-order valence-corrected chi connectivity index (χ4v) is 2.26. The molecule has 14 heavy (non-hydrogen) atoms. The van der Waals surface area contributed by atoms with Gasteiger partial charge in [0, 0.05) is 18.1 Å². The van der Waals surface area contributed by atoms with Crippen molar-refractivity contribution >= 4 is 5.69 Å². The summed E-state index contributed by atoms with van der Waals surface area (Å²) in [6.07, 6.45) is 2.29.